The van der Waals surface area contributed by atoms with E-state index in [1.165, 1.54) is 0 Å². The summed E-state index contributed by atoms with van der Waals surface area (Å²) in [6, 6.07) is 5.90. The molecule has 0 radical (unpaired) electrons. The molecule has 0 aliphatic carbocycles. The van der Waals surface area contributed by atoms with Gasteiger partial charge in [-0.25, -0.2) is 4.98 Å². The van der Waals surface area contributed by atoms with Gasteiger partial charge in [-0.15, -0.1) is 0 Å². The number of aromatic nitrogens is 3. The summed E-state index contributed by atoms with van der Waals surface area (Å²) in [5, 5.41) is 5.35. The molecular formula is C13H13N5. The minimum absolute atomic E-state index is 0.667. The number of benzene rings is 1. The van der Waals surface area contributed by atoms with E-state index < -0.39 is 0 Å². The van der Waals surface area contributed by atoms with Crippen molar-refractivity contribution < 1.29 is 0 Å². The molecule has 2 aromatic heterocycles. The third-order valence-corrected chi connectivity index (χ3v) is 2.89. The molecule has 0 saturated carbocycles. The van der Waals surface area contributed by atoms with Crippen LogP contribution in [0.15, 0.2) is 43.1 Å². The van der Waals surface area contributed by atoms with Crippen molar-refractivity contribution in [3.05, 3.63) is 48.8 Å². The Morgan fingerprint density at radius 3 is 2.94 bits per heavy atom. The SMILES string of the molecule is Nc1c(NCc2cnc[nH]2)ccc2cnccc12. The van der Waals surface area contributed by atoms with E-state index in [-0.39, 0.29) is 0 Å². The van der Waals surface area contributed by atoms with E-state index in [0.29, 0.717) is 6.54 Å². The van der Waals surface area contributed by atoms with Crippen LogP contribution in [-0.4, -0.2) is 15.0 Å². The Labute approximate surface area is 104 Å². The first-order valence-electron chi connectivity index (χ1n) is 5.68. The van der Waals surface area contributed by atoms with E-state index in [4.69, 9.17) is 5.73 Å². The zero-order valence-corrected chi connectivity index (χ0v) is 9.72. The normalized spacial score (nSPS) is 10.7. The Kier molecular flexibility index (Phi) is 2.57. The van der Waals surface area contributed by atoms with Crippen molar-refractivity contribution in [2.45, 2.75) is 6.54 Å². The highest BCUT2D eigenvalue weighted by Gasteiger charge is 2.04. The summed E-state index contributed by atoms with van der Waals surface area (Å²) >= 11 is 0. The van der Waals surface area contributed by atoms with Crippen LogP contribution in [0.1, 0.15) is 5.69 Å². The van der Waals surface area contributed by atoms with Crippen molar-refractivity contribution in [3.8, 4) is 0 Å². The van der Waals surface area contributed by atoms with E-state index in [0.717, 1.165) is 27.8 Å². The van der Waals surface area contributed by atoms with Gasteiger partial charge in [0, 0.05) is 29.4 Å². The van der Waals surface area contributed by atoms with Crippen LogP contribution in [0, 0.1) is 0 Å². The standard InChI is InChI=1S/C13H13N5/c14-13-11-3-4-15-5-9(11)1-2-12(13)17-7-10-6-16-8-18-10/h1-6,8,17H,7,14H2,(H,16,18). The zero-order valence-electron chi connectivity index (χ0n) is 9.72. The number of nitrogens with one attached hydrogen (secondary N) is 2. The minimum atomic E-state index is 0.667. The molecule has 1 aromatic carbocycles. The molecular weight excluding hydrogens is 226 g/mol. The second-order valence-electron chi connectivity index (χ2n) is 4.05. The topological polar surface area (TPSA) is 79.6 Å². The Morgan fingerprint density at radius 2 is 2.11 bits per heavy atom. The fourth-order valence-electron chi connectivity index (χ4n) is 1.92. The van der Waals surface area contributed by atoms with Crippen molar-refractivity contribution in [1.29, 1.82) is 0 Å². The molecule has 0 amide bonds. The van der Waals surface area contributed by atoms with Crippen LogP contribution in [0.3, 0.4) is 0 Å². The van der Waals surface area contributed by atoms with E-state index in [2.05, 4.69) is 20.3 Å². The number of imidazole rings is 1. The van der Waals surface area contributed by atoms with E-state index >= 15 is 0 Å². The number of anilines is 2. The van der Waals surface area contributed by atoms with E-state index in [9.17, 15) is 0 Å². The lowest BCUT2D eigenvalue weighted by Crippen LogP contribution is -2.03. The van der Waals surface area contributed by atoms with Gasteiger partial charge in [-0.3, -0.25) is 4.98 Å². The largest absolute Gasteiger partial charge is 0.397 e. The lowest BCUT2D eigenvalue weighted by molar-refractivity contribution is 1.08. The molecule has 0 aliphatic heterocycles. The van der Waals surface area contributed by atoms with Crippen LogP contribution >= 0.6 is 0 Å². The average molecular weight is 239 g/mol. The quantitative estimate of drug-likeness (QED) is 0.612. The molecule has 3 aromatic rings. The summed E-state index contributed by atoms with van der Waals surface area (Å²) in [6.45, 7) is 0.667. The fourth-order valence-corrected chi connectivity index (χ4v) is 1.92. The van der Waals surface area contributed by atoms with Crippen molar-refractivity contribution >= 4 is 22.1 Å². The van der Waals surface area contributed by atoms with Gasteiger partial charge in [-0.1, -0.05) is 6.07 Å². The van der Waals surface area contributed by atoms with E-state index in [1.807, 2.05) is 24.4 Å². The number of aromatic amines is 1. The fraction of sp³-hybridized carbons (Fsp3) is 0.0769. The first-order valence-corrected chi connectivity index (χ1v) is 5.68. The second-order valence-corrected chi connectivity index (χ2v) is 4.05. The van der Waals surface area contributed by atoms with Crippen molar-refractivity contribution in [2.75, 3.05) is 11.1 Å². The molecule has 0 saturated heterocycles. The third kappa shape index (κ3) is 1.86. The number of hydrogen-bond acceptors (Lipinski definition) is 4. The molecule has 3 rings (SSSR count). The van der Waals surface area contributed by atoms with Gasteiger partial charge in [0.2, 0.25) is 0 Å². The maximum absolute atomic E-state index is 6.14. The summed E-state index contributed by atoms with van der Waals surface area (Å²) in [5.41, 5.74) is 8.82. The first kappa shape index (κ1) is 10.6. The van der Waals surface area contributed by atoms with Gasteiger partial charge < -0.3 is 16.0 Å². The lowest BCUT2D eigenvalue weighted by Gasteiger charge is -2.10. The Bertz CT molecular complexity index is 660. The molecule has 2 heterocycles. The molecule has 5 nitrogen and oxygen atoms in total. The summed E-state index contributed by atoms with van der Waals surface area (Å²) in [7, 11) is 0. The number of hydrogen-bond donors (Lipinski definition) is 3. The summed E-state index contributed by atoms with van der Waals surface area (Å²) in [4.78, 5) is 11.1. The molecule has 0 spiro atoms. The van der Waals surface area contributed by atoms with Crippen LogP contribution in [0.25, 0.3) is 10.8 Å². The maximum atomic E-state index is 6.14. The average Bonchev–Trinajstić information content (AvgIpc) is 2.91. The molecule has 0 unspecified atom stereocenters. The third-order valence-electron chi connectivity index (χ3n) is 2.89. The van der Waals surface area contributed by atoms with Crippen LogP contribution < -0.4 is 11.1 Å². The van der Waals surface area contributed by atoms with Gasteiger partial charge in [0.1, 0.15) is 0 Å². The number of H-pyrrole nitrogens is 1. The maximum Gasteiger partial charge on any atom is 0.0922 e. The molecule has 0 aliphatic rings. The zero-order chi connectivity index (χ0) is 12.4. The first-order chi connectivity index (χ1) is 8.84. The lowest BCUT2D eigenvalue weighted by atomic mass is 10.1. The van der Waals surface area contributed by atoms with Crippen molar-refractivity contribution in [2.24, 2.45) is 0 Å². The number of nitrogens with two attached hydrogens (primary N) is 1. The highest BCUT2D eigenvalue weighted by Crippen LogP contribution is 2.28. The molecule has 0 bridgehead atoms. The molecule has 18 heavy (non-hydrogen) atoms. The number of fused-ring (bicyclic) bond motifs is 1. The predicted molar refractivity (Wildman–Crippen MR) is 72.1 cm³/mol. The highest BCUT2D eigenvalue weighted by molar-refractivity contribution is 5.98. The van der Waals surface area contributed by atoms with Crippen LogP contribution in [0.4, 0.5) is 11.4 Å². The Hall–Kier alpha value is -2.56. The summed E-state index contributed by atoms with van der Waals surface area (Å²) < 4.78 is 0. The molecule has 90 valence electrons. The Balaban J connectivity index is 1.90. The van der Waals surface area contributed by atoms with Gasteiger partial charge in [-0.2, -0.15) is 0 Å². The number of nitrogen functional groups attached to an aromatic ring is 1. The molecule has 0 atom stereocenters. The highest BCUT2D eigenvalue weighted by atomic mass is 14.9. The van der Waals surface area contributed by atoms with Gasteiger partial charge >= 0.3 is 0 Å². The molecule has 4 N–H and O–H groups in total. The molecule has 5 heteroatoms. The van der Waals surface area contributed by atoms with Gasteiger partial charge in [0.25, 0.3) is 0 Å². The van der Waals surface area contributed by atoms with Crippen molar-refractivity contribution in [3.63, 3.8) is 0 Å². The van der Waals surface area contributed by atoms with Gasteiger partial charge in [0.15, 0.2) is 0 Å². The van der Waals surface area contributed by atoms with Gasteiger partial charge in [0.05, 0.1) is 29.9 Å². The smallest absolute Gasteiger partial charge is 0.0922 e. The van der Waals surface area contributed by atoms with E-state index in [1.54, 1.807) is 18.7 Å². The summed E-state index contributed by atoms with van der Waals surface area (Å²) in [6.07, 6.45) is 7.00. The molecule has 0 fully saturated rings. The van der Waals surface area contributed by atoms with Crippen LogP contribution in [0.5, 0.6) is 0 Å². The Morgan fingerprint density at radius 1 is 1.17 bits per heavy atom. The number of nitrogens with zero attached hydrogens (tertiary/aromatic N) is 2. The van der Waals surface area contributed by atoms with Crippen molar-refractivity contribution in [1.82, 2.24) is 15.0 Å². The monoisotopic (exact) mass is 239 g/mol. The van der Waals surface area contributed by atoms with Crippen LogP contribution in [-0.2, 0) is 6.54 Å². The predicted octanol–water partition coefficient (Wildman–Crippen LogP) is 2.15. The number of rotatable bonds is 3. The van der Waals surface area contributed by atoms with Gasteiger partial charge in [-0.05, 0) is 12.1 Å². The minimum Gasteiger partial charge on any atom is -0.397 e. The second kappa shape index (κ2) is 4.37. The van der Waals surface area contributed by atoms with Crippen LogP contribution in [0.2, 0.25) is 0 Å². The summed E-state index contributed by atoms with van der Waals surface area (Å²) in [5.74, 6) is 0. The number of pyridine rings is 1.